The van der Waals surface area contributed by atoms with Crippen LogP contribution in [-0.4, -0.2) is 12.1 Å². The molecule has 2 rings (SSSR count). The molecule has 1 aromatic carbocycles. The van der Waals surface area contributed by atoms with E-state index in [1.807, 2.05) is 18.2 Å². The highest BCUT2D eigenvalue weighted by Crippen LogP contribution is 2.30. The third-order valence-corrected chi connectivity index (χ3v) is 5.41. The van der Waals surface area contributed by atoms with E-state index in [1.54, 1.807) is 0 Å². The Balaban J connectivity index is 1.46. The molecule has 0 bridgehead atoms. The summed E-state index contributed by atoms with van der Waals surface area (Å²) in [5.41, 5.74) is 1.24. The molecule has 0 aliphatic carbocycles. The molecule has 1 aromatic rings. The molecule has 2 unspecified atom stereocenters. The zero-order valence-electron chi connectivity index (χ0n) is 16.1. The van der Waals surface area contributed by atoms with Crippen molar-refractivity contribution in [1.82, 2.24) is 0 Å². The minimum Gasteiger partial charge on any atom is -0.461 e. The molecular formula is C23H36O2. The Morgan fingerprint density at radius 2 is 1.36 bits per heavy atom. The number of carbonyl (C=O) groups excluding carboxylic acids is 1. The van der Waals surface area contributed by atoms with E-state index in [1.165, 1.54) is 76.2 Å². The number of esters is 1. The zero-order chi connectivity index (χ0) is 17.7. The molecular weight excluding hydrogens is 308 g/mol. The summed E-state index contributed by atoms with van der Waals surface area (Å²) in [4.78, 5) is 11.7. The van der Waals surface area contributed by atoms with Crippen LogP contribution in [0.4, 0.5) is 0 Å². The Morgan fingerprint density at radius 1 is 0.800 bits per heavy atom. The number of unbranched alkanes of at least 4 members (excludes halogenated alkanes) is 10. The summed E-state index contributed by atoms with van der Waals surface area (Å²) < 4.78 is 5.38. The normalized spacial score (nSPS) is 19.5. The average molecular weight is 345 g/mol. The van der Waals surface area contributed by atoms with Gasteiger partial charge in [0, 0.05) is 0 Å². The summed E-state index contributed by atoms with van der Waals surface area (Å²) in [6.45, 7) is 2.27. The van der Waals surface area contributed by atoms with Gasteiger partial charge in [-0.15, -0.1) is 0 Å². The van der Waals surface area contributed by atoms with Crippen LogP contribution in [0.5, 0.6) is 0 Å². The van der Waals surface area contributed by atoms with Gasteiger partial charge in [-0.1, -0.05) is 101 Å². The van der Waals surface area contributed by atoms with Gasteiger partial charge in [0.25, 0.3) is 0 Å². The molecule has 0 radical (unpaired) electrons. The Bertz CT molecular complexity index is 468. The second kappa shape index (κ2) is 12.1. The number of hydrogen-bond donors (Lipinski definition) is 0. The van der Waals surface area contributed by atoms with Crippen LogP contribution in [0.2, 0.25) is 0 Å². The van der Waals surface area contributed by atoms with Crippen LogP contribution < -0.4 is 0 Å². The summed E-state index contributed by atoms with van der Waals surface area (Å²) in [7, 11) is 0. The van der Waals surface area contributed by atoms with Crippen molar-refractivity contribution in [3.05, 3.63) is 35.9 Å². The molecule has 0 amide bonds. The van der Waals surface area contributed by atoms with Crippen LogP contribution in [0.25, 0.3) is 0 Å². The molecule has 1 fully saturated rings. The number of ether oxygens (including phenoxy) is 1. The first kappa shape index (κ1) is 20.0. The number of benzene rings is 1. The van der Waals surface area contributed by atoms with Crippen molar-refractivity contribution >= 4 is 5.97 Å². The van der Waals surface area contributed by atoms with E-state index in [0.717, 1.165) is 12.8 Å². The van der Waals surface area contributed by atoms with E-state index >= 15 is 0 Å². The molecule has 0 N–H and O–H groups in total. The van der Waals surface area contributed by atoms with Gasteiger partial charge >= 0.3 is 5.97 Å². The maximum absolute atomic E-state index is 11.7. The van der Waals surface area contributed by atoms with Crippen molar-refractivity contribution < 1.29 is 9.53 Å². The Morgan fingerprint density at radius 3 is 1.92 bits per heavy atom. The molecule has 1 aliphatic rings. The van der Waals surface area contributed by atoms with E-state index in [-0.39, 0.29) is 18.0 Å². The van der Waals surface area contributed by atoms with Crippen molar-refractivity contribution in [3.63, 3.8) is 0 Å². The lowest BCUT2D eigenvalue weighted by Gasteiger charge is -2.35. The molecule has 0 aromatic heterocycles. The molecule has 1 aliphatic heterocycles. The minimum absolute atomic E-state index is 0.00285. The van der Waals surface area contributed by atoms with Crippen LogP contribution >= 0.6 is 0 Å². The maximum atomic E-state index is 11.7. The first-order chi connectivity index (χ1) is 12.3. The van der Waals surface area contributed by atoms with Crippen LogP contribution in [0, 0.1) is 5.92 Å². The van der Waals surface area contributed by atoms with Crippen LogP contribution in [-0.2, 0) is 16.0 Å². The Hall–Kier alpha value is -1.31. The van der Waals surface area contributed by atoms with Gasteiger partial charge in [0.2, 0.25) is 0 Å². The quantitative estimate of drug-likeness (QED) is 0.285. The van der Waals surface area contributed by atoms with Gasteiger partial charge < -0.3 is 4.74 Å². The largest absolute Gasteiger partial charge is 0.461 e. The molecule has 2 nitrogen and oxygen atoms in total. The fraction of sp³-hybridized carbons (Fsp3) is 0.696. The van der Waals surface area contributed by atoms with E-state index < -0.39 is 0 Å². The van der Waals surface area contributed by atoms with Gasteiger partial charge in [-0.25, -0.2) is 0 Å². The Kier molecular flexibility index (Phi) is 9.69. The summed E-state index contributed by atoms with van der Waals surface area (Å²) in [6.07, 6.45) is 17.0. The molecule has 2 atom stereocenters. The van der Waals surface area contributed by atoms with Crippen LogP contribution in [0.1, 0.15) is 89.5 Å². The lowest BCUT2D eigenvalue weighted by Crippen LogP contribution is -2.46. The van der Waals surface area contributed by atoms with Crippen LogP contribution in [0.15, 0.2) is 30.3 Å². The summed E-state index contributed by atoms with van der Waals surface area (Å²) in [5.74, 6) is 0.0856. The van der Waals surface area contributed by atoms with Crippen LogP contribution in [0.3, 0.4) is 0 Å². The van der Waals surface area contributed by atoms with Gasteiger partial charge in [0.05, 0.1) is 5.92 Å². The number of cyclic esters (lactones) is 1. The Labute approximate surface area is 154 Å². The molecule has 0 spiro atoms. The third kappa shape index (κ3) is 7.63. The van der Waals surface area contributed by atoms with Crippen molar-refractivity contribution in [3.8, 4) is 0 Å². The molecule has 25 heavy (non-hydrogen) atoms. The topological polar surface area (TPSA) is 26.3 Å². The van der Waals surface area contributed by atoms with Gasteiger partial charge in [0.1, 0.15) is 6.10 Å². The molecule has 140 valence electrons. The summed E-state index contributed by atoms with van der Waals surface area (Å²) >= 11 is 0. The molecule has 1 heterocycles. The SMILES string of the molecule is CCCCCCCCCCCCCC1OC(=O)C1Cc1ccccc1. The highest BCUT2D eigenvalue weighted by molar-refractivity contribution is 5.78. The predicted molar refractivity (Wildman–Crippen MR) is 105 cm³/mol. The van der Waals surface area contributed by atoms with Crippen molar-refractivity contribution in [2.45, 2.75) is 96.5 Å². The third-order valence-electron chi connectivity index (χ3n) is 5.41. The molecule has 1 saturated heterocycles. The highest BCUT2D eigenvalue weighted by Gasteiger charge is 2.41. The van der Waals surface area contributed by atoms with Gasteiger partial charge in [-0.05, 0) is 24.8 Å². The monoisotopic (exact) mass is 344 g/mol. The number of carbonyl (C=O) groups is 1. The lowest BCUT2D eigenvalue weighted by atomic mass is 9.87. The van der Waals surface area contributed by atoms with E-state index in [2.05, 4.69) is 19.1 Å². The molecule has 2 heteroatoms. The van der Waals surface area contributed by atoms with Gasteiger partial charge in [-0.2, -0.15) is 0 Å². The van der Waals surface area contributed by atoms with E-state index in [4.69, 9.17) is 4.74 Å². The highest BCUT2D eigenvalue weighted by atomic mass is 16.6. The van der Waals surface area contributed by atoms with E-state index in [9.17, 15) is 4.79 Å². The second-order valence-electron chi connectivity index (χ2n) is 7.60. The van der Waals surface area contributed by atoms with Gasteiger partial charge in [0.15, 0.2) is 0 Å². The van der Waals surface area contributed by atoms with E-state index in [0.29, 0.717) is 0 Å². The number of rotatable bonds is 14. The lowest BCUT2D eigenvalue weighted by molar-refractivity contribution is -0.185. The average Bonchev–Trinajstić information content (AvgIpc) is 2.64. The second-order valence-corrected chi connectivity index (χ2v) is 7.60. The van der Waals surface area contributed by atoms with Gasteiger partial charge in [-0.3, -0.25) is 4.79 Å². The van der Waals surface area contributed by atoms with Crippen molar-refractivity contribution in [1.29, 1.82) is 0 Å². The smallest absolute Gasteiger partial charge is 0.313 e. The standard InChI is InChI=1S/C23H36O2/c1-2-3-4-5-6-7-8-9-10-11-15-18-22-21(23(24)25-22)19-20-16-13-12-14-17-20/h12-14,16-17,21-22H,2-11,15,18-19H2,1H3. The van der Waals surface area contributed by atoms with Crippen molar-refractivity contribution in [2.24, 2.45) is 5.92 Å². The fourth-order valence-electron chi connectivity index (χ4n) is 3.75. The summed E-state index contributed by atoms with van der Waals surface area (Å²) in [6, 6.07) is 10.3. The number of hydrogen-bond acceptors (Lipinski definition) is 2. The predicted octanol–water partition coefficient (Wildman–Crippen LogP) is 6.47. The maximum Gasteiger partial charge on any atom is 0.313 e. The first-order valence-corrected chi connectivity index (χ1v) is 10.6. The van der Waals surface area contributed by atoms with Crippen molar-refractivity contribution in [2.75, 3.05) is 0 Å². The summed E-state index contributed by atoms with van der Waals surface area (Å²) in [5, 5.41) is 0. The first-order valence-electron chi connectivity index (χ1n) is 10.6. The zero-order valence-corrected chi connectivity index (χ0v) is 16.1. The minimum atomic E-state index is -0.00285. The fourth-order valence-corrected chi connectivity index (χ4v) is 3.75. The molecule has 0 saturated carbocycles.